The quantitative estimate of drug-likeness (QED) is 0.769. The van der Waals surface area contributed by atoms with Gasteiger partial charge in [0, 0.05) is 6.42 Å². The molecule has 3 atom stereocenters. The molecule has 110 valence electrons. The van der Waals surface area contributed by atoms with Crippen molar-refractivity contribution < 1.29 is 24.2 Å². The molecule has 1 heterocycles. The zero-order valence-corrected chi connectivity index (χ0v) is 11.5. The molecule has 0 amide bonds. The lowest BCUT2D eigenvalue weighted by atomic mass is 9.48. The third kappa shape index (κ3) is 1.79. The second-order valence-corrected chi connectivity index (χ2v) is 7.32. The van der Waals surface area contributed by atoms with Crippen LogP contribution in [0.4, 0.5) is 0 Å². The first-order chi connectivity index (χ1) is 9.48. The minimum absolute atomic E-state index is 0.283. The predicted molar refractivity (Wildman–Crippen MR) is 67.5 cm³/mol. The van der Waals surface area contributed by atoms with Crippen LogP contribution in [0.3, 0.4) is 0 Å². The summed E-state index contributed by atoms with van der Waals surface area (Å²) >= 11 is 0. The van der Waals surface area contributed by atoms with Crippen molar-refractivity contribution in [3.63, 3.8) is 0 Å². The van der Waals surface area contributed by atoms with Gasteiger partial charge in [-0.1, -0.05) is 0 Å². The van der Waals surface area contributed by atoms with E-state index in [1.54, 1.807) is 0 Å². The summed E-state index contributed by atoms with van der Waals surface area (Å²) in [6, 6.07) is 0. The summed E-state index contributed by atoms with van der Waals surface area (Å²) in [7, 11) is 0. The van der Waals surface area contributed by atoms with E-state index in [0.29, 0.717) is 31.3 Å². The first-order valence-corrected chi connectivity index (χ1v) is 7.58. The maximum Gasteiger partial charge on any atom is 0.347 e. The molecule has 0 aromatic carbocycles. The van der Waals surface area contributed by atoms with Crippen LogP contribution in [0.1, 0.15) is 44.9 Å². The van der Waals surface area contributed by atoms with E-state index in [1.165, 1.54) is 0 Å². The van der Waals surface area contributed by atoms with E-state index in [4.69, 9.17) is 9.47 Å². The lowest BCUT2D eigenvalue weighted by molar-refractivity contribution is -0.200. The van der Waals surface area contributed by atoms with Crippen molar-refractivity contribution in [2.24, 2.45) is 17.3 Å². The van der Waals surface area contributed by atoms with Crippen LogP contribution in [-0.2, 0) is 19.1 Å². The molecule has 5 aliphatic rings. The van der Waals surface area contributed by atoms with Gasteiger partial charge < -0.3 is 14.6 Å². The van der Waals surface area contributed by atoms with Crippen molar-refractivity contribution >= 4 is 11.9 Å². The van der Waals surface area contributed by atoms with Crippen molar-refractivity contribution in [1.29, 1.82) is 0 Å². The molecule has 1 aliphatic heterocycles. The van der Waals surface area contributed by atoms with Gasteiger partial charge in [0.25, 0.3) is 0 Å². The summed E-state index contributed by atoms with van der Waals surface area (Å²) in [6.45, 7) is 0.332. The third-order valence-corrected chi connectivity index (χ3v) is 5.60. The van der Waals surface area contributed by atoms with Crippen LogP contribution in [0.5, 0.6) is 0 Å². The Bertz CT molecular complexity index is 457. The van der Waals surface area contributed by atoms with Gasteiger partial charge in [-0.2, -0.15) is 0 Å². The highest BCUT2D eigenvalue weighted by atomic mass is 16.6. The standard InChI is InChI=1S/C15H20O5/c16-12-11(1-2-19-12)20-13(17)14-4-9-3-10(5-14)7-15(18,6-9)8-14/h9-11,18H,1-8H2/t9-,10-,11+,14?,15?/m1/s1. The average molecular weight is 280 g/mol. The zero-order valence-electron chi connectivity index (χ0n) is 11.5. The normalized spacial score (nSPS) is 49.2. The summed E-state index contributed by atoms with van der Waals surface area (Å²) in [5, 5.41) is 10.6. The Labute approximate surface area is 117 Å². The number of esters is 2. The molecule has 4 bridgehead atoms. The van der Waals surface area contributed by atoms with Gasteiger partial charge in [0.1, 0.15) is 0 Å². The fourth-order valence-electron chi connectivity index (χ4n) is 5.29. The topological polar surface area (TPSA) is 72.8 Å². The van der Waals surface area contributed by atoms with Gasteiger partial charge >= 0.3 is 11.9 Å². The summed E-state index contributed by atoms with van der Waals surface area (Å²) in [6.07, 6.45) is 4.63. The second-order valence-electron chi connectivity index (χ2n) is 7.32. The number of rotatable bonds is 2. The van der Waals surface area contributed by atoms with Crippen LogP contribution in [-0.4, -0.2) is 35.4 Å². The van der Waals surface area contributed by atoms with Gasteiger partial charge in [0.2, 0.25) is 6.10 Å². The van der Waals surface area contributed by atoms with E-state index in [9.17, 15) is 14.7 Å². The van der Waals surface area contributed by atoms with Crippen LogP contribution in [0, 0.1) is 17.3 Å². The van der Waals surface area contributed by atoms with Gasteiger partial charge in [0.05, 0.1) is 17.6 Å². The minimum atomic E-state index is -0.731. The van der Waals surface area contributed by atoms with Gasteiger partial charge in [-0.05, 0) is 50.4 Å². The van der Waals surface area contributed by atoms with Crippen molar-refractivity contribution in [2.75, 3.05) is 6.61 Å². The van der Waals surface area contributed by atoms with Crippen molar-refractivity contribution in [2.45, 2.75) is 56.7 Å². The van der Waals surface area contributed by atoms with Crippen LogP contribution >= 0.6 is 0 Å². The van der Waals surface area contributed by atoms with Crippen LogP contribution in [0.15, 0.2) is 0 Å². The van der Waals surface area contributed by atoms with Crippen LogP contribution in [0.2, 0.25) is 0 Å². The highest BCUT2D eigenvalue weighted by Gasteiger charge is 2.61. The molecule has 0 spiro atoms. The summed E-state index contributed by atoms with van der Waals surface area (Å²) in [5.74, 6) is 0.157. The second kappa shape index (κ2) is 3.97. The Morgan fingerprint density at radius 2 is 1.95 bits per heavy atom. The van der Waals surface area contributed by atoms with Crippen molar-refractivity contribution in [1.82, 2.24) is 0 Å². The number of cyclic esters (lactones) is 1. The Balaban J connectivity index is 1.55. The smallest absolute Gasteiger partial charge is 0.347 e. The maximum atomic E-state index is 12.6. The Morgan fingerprint density at radius 1 is 1.25 bits per heavy atom. The highest BCUT2D eigenvalue weighted by Crippen LogP contribution is 2.62. The Morgan fingerprint density at radius 3 is 2.50 bits per heavy atom. The minimum Gasteiger partial charge on any atom is -0.463 e. The van der Waals surface area contributed by atoms with Gasteiger partial charge in [-0.25, -0.2) is 4.79 Å². The number of aliphatic hydroxyl groups is 1. The van der Waals surface area contributed by atoms with Crippen molar-refractivity contribution in [3.8, 4) is 0 Å². The lowest BCUT2D eigenvalue weighted by Gasteiger charge is -2.58. The van der Waals surface area contributed by atoms with Gasteiger partial charge in [0.15, 0.2) is 0 Å². The van der Waals surface area contributed by atoms with E-state index < -0.39 is 23.1 Å². The molecule has 5 fully saturated rings. The maximum absolute atomic E-state index is 12.6. The summed E-state index contributed by atoms with van der Waals surface area (Å²) < 4.78 is 10.3. The third-order valence-electron chi connectivity index (χ3n) is 5.60. The van der Waals surface area contributed by atoms with E-state index in [-0.39, 0.29) is 5.97 Å². The van der Waals surface area contributed by atoms with Crippen LogP contribution < -0.4 is 0 Å². The van der Waals surface area contributed by atoms with Crippen molar-refractivity contribution in [3.05, 3.63) is 0 Å². The molecule has 0 aromatic rings. The van der Waals surface area contributed by atoms with E-state index >= 15 is 0 Å². The molecule has 5 heteroatoms. The first-order valence-electron chi connectivity index (χ1n) is 7.58. The SMILES string of the molecule is O=C1OCC[C@@H]1OC(=O)C12C[C@H]3C[C@@H](CC(O)(C3)C1)C2. The zero-order chi connectivity index (χ0) is 14.0. The Kier molecular flexibility index (Phi) is 2.50. The molecule has 5 rings (SSSR count). The number of ether oxygens (including phenoxy) is 2. The van der Waals surface area contributed by atoms with E-state index in [1.807, 2.05) is 0 Å². The molecule has 0 aromatic heterocycles. The molecule has 5 nitrogen and oxygen atoms in total. The molecule has 4 saturated carbocycles. The molecular formula is C15H20O5. The number of carbonyl (C=O) groups is 2. The molecule has 1 N–H and O–H groups in total. The molecule has 1 saturated heterocycles. The van der Waals surface area contributed by atoms with Gasteiger partial charge in [-0.3, -0.25) is 4.79 Å². The molecular weight excluding hydrogens is 260 g/mol. The highest BCUT2D eigenvalue weighted by molar-refractivity contribution is 5.83. The first kappa shape index (κ1) is 12.6. The summed E-state index contributed by atoms with van der Waals surface area (Å²) in [5.41, 5.74) is -1.24. The Hall–Kier alpha value is -1.10. The molecule has 0 unspecified atom stereocenters. The molecule has 20 heavy (non-hydrogen) atoms. The van der Waals surface area contributed by atoms with E-state index in [0.717, 1.165) is 32.1 Å². The molecule has 0 radical (unpaired) electrons. The van der Waals surface area contributed by atoms with Gasteiger partial charge in [-0.15, -0.1) is 0 Å². The average Bonchev–Trinajstić information content (AvgIpc) is 2.71. The summed E-state index contributed by atoms with van der Waals surface area (Å²) in [4.78, 5) is 24.1. The van der Waals surface area contributed by atoms with Crippen LogP contribution in [0.25, 0.3) is 0 Å². The predicted octanol–water partition coefficient (Wildman–Crippen LogP) is 1.18. The largest absolute Gasteiger partial charge is 0.463 e. The lowest BCUT2D eigenvalue weighted by Crippen LogP contribution is -2.58. The molecule has 4 aliphatic carbocycles. The monoisotopic (exact) mass is 280 g/mol. The fraction of sp³-hybridized carbons (Fsp3) is 0.867. The number of hydrogen-bond donors (Lipinski definition) is 1. The number of hydrogen-bond acceptors (Lipinski definition) is 5. The number of carbonyl (C=O) groups excluding carboxylic acids is 2. The van der Waals surface area contributed by atoms with E-state index in [2.05, 4.69) is 0 Å². The fourth-order valence-corrected chi connectivity index (χ4v) is 5.29.